The molecule has 0 radical (unpaired) electrons. The summed E-state index contributed by atoms with van der Waals surface area (Å²) in [6.07, 6.45) is 5.90. The fourth-order valence-corrected chi connectivity index (χ4v) is 2.31. The van der Waals surface area contributed by atoms with Crippen LogP contribution in [0.5, 0.6) is 0 Å². The summed E-state index contributed by atoms with van der Waals surface area (Å²) in [5, 5.41) is 0. The Morgan fingerprint density at radius 3 is 2.47 bits per heavy atom. The molecule has 1 aromatic rings. The molecule has 0 atom stereocenters. The summed E-state index contributed by atoms with van der Waals surface area (Å²) in [7, 11) is 0. The SMILES string of the molecule is [O]=[SnH][O]CCCCCCc1ccccc1. The predicted molar refractivity (Wildman–Crippen MR) is 62.4 cm³/mol. The molecule has 0 aliphatic rings. The normalized spacial score (nSPS) is 10.1. The number of hydrogen-bond donors (Lipinski definition) is 0. The van der Waals surface area contributed by atoms with E-state index in [0.717, 1.165) is 6.42 Å². The quantitative estimate of drug-likeness (QED) is 0.544. The Balaban J connectivity index is 1.95. The van der Waals surface area contributed by atoms with Crippen LogP contribution in [0.4, 0.5) is 0 Å². The van der Waals surface area contributed by atoms with E-state index in [2.05, 4.69) is 30.3 Å². The van der Waals surface area contributed by atoms with Crippen molar-refractivity contribution in [2.45, 2.75) is 32.1 Å². The topological polar surface area (TPSA) is 26.3 Å². The van der Waals surface area contributed by atoms with Crippen LogP contribution in [0.2, 0.25) is 0 Å². The maximum atomic E-state index is 10.2. The third-order valence-corrected chi connectivity index (χ3v) is 3.45. The van der Waals surface area contributed by atoms with E-state index < -0.39 is 21.5 Å². The van der Waals surface area contributed by atoms with Gasteiger partial charge in [-0.2, -0.15) is 0 Å². The molecule has 0 unspecified atom stereocenters. The van der Waals surface area contributed by atoms with Crippen molar-refractivity contribution >= 4 is 21.5 Å². The number of benzene rings is 1. The molecule has 0 N–H and O–H groups in total. The molecule has 0 bridgehead atoms. The van der Waals surface area contributed by atoms with Gasteiger partial charge in [0.15, 0.2) is 0 Å². The van der Waals surface area contributed by atoms with Crippen molar-refractivity contribution in [2.75, 3.05) is 6.61 Å². The Hall–Kier alpha value is -0.221. The van der Waals surface area contributed by atoms with E-state index in [1.165, 1.54) is 31.2 Å². The van der Waals surface area contributed by atoms with Gasteiger partial charge in [-0.1, -0.05) is 0 Å². The van der Waals surface area contributed by atoms with Gasteiger partial charge in [0.1, 0.15) is 0 Å². The van der Waals surface area contributed by atoms with E-state index in [1.54, 1.807) is 0 Å². The zero-order valence-corrected chi connectivity index (χ0v) is 12.3. The summed E-state index contributed by atoms with van der Waals surface area (Å²) < 4.78 is 15.1. The third-order valence-electron chi connectivity index (χ3n) is 2.39. The average molecular weight is 313 g/mol. The van der Waals surface area contributed by atoms with Crippen LogP contribution in [0.1, 0.15) is 31.2 Å². The first-order valence-corrected chi connectivity index (χ1v) is 8.22. The van der Waals surface area contributed by atoms with Crippen LogP contribution < -0.4 is 0 Å². The van der Waals surface area contributed by atoms with Gasteiger partial charge in [-0.25, -0.2) is 0 Å². The molecule has 0 aliphatic heterocycles. The van der Waals surface area contributed by atoms with Gasteiger partial charge in [-0.05, 0) is 0 Å². The van der Waals surface area contributed by atoms with Gasteiger partial charge >= 0.3 is 102 Å². The molecule has 0 aliphatic carbocycles. The number of rotatable bonds is 8. The summed E-state index contributed by atoms with van der Waals surface area (Å²) in [4.78, 5) is 0. The molecule has 0 aromatic heterocycles. The van der Waals surface area contributed by atoms with Gasteiger partial charge in [-0.3, -0.25) is 0 Å². The number of hydrogen-bond acceptors (Lipinski definition) is 2. The van der Waals surface area contributed by atoms with Gasteiger partial charge in [0.05, 0.1) is 0 Å². The predicted octanol–water partition coefficient (Wildman–Crippen LogP) is 2.50. The minimum absolute atomic E-state index is 0.704. The Morgan fingerprint density at radius 2 is 1.73 bits per heavy atom. The van der Waals surface area contributed by atoms with E-state index in [9.17, 15) is 3.08 Å². The molecule has 0 saturated carbocycles. The van der Waals surface area contributed by atoms with E-state index in [0.29, 0.717) is 6.61 Å². The molecule has 0 spiro atoms. The molecule has 0 saturated heterocycles. The van der Waals surface area contributed by atoms with Crippen LogP contribution in [0.3, 0.4) is 0 Å². The third kappa shape index (κ3) is 6.79. The van der Waals surface area contributed by atoms with Crippen LogP contribution in [0.15, 0.2) is 30.3 Å². The Bertz CT molecular complexity index is 262. The van der Waals surface area contributed by atoms with E-state index in [1.807, 2.05) is 0 Å². The first-order chi connectivity index (χ1) is 7.43. The molecule has 82 valence electrons. The zero-order valence-electron chi connectivity index (χ0n) is 9.02. The Kier molecular flexibility index (Phi) is 7.74. The zero-order chi connectivity index (χ0) is 10.8. The van der Waals surface area contributed by atoms with Gasteiger partial charge in [0.2, 0.25) is 0 Å². The molecular formula is C12H18O2Sn. The number of aryl methyl sites for hydroxylation is 1. The first-order valence-electron chi connectivity index (χ1n) is 5.52. The fraction of sp³-hybridized carbons (Fsp3) is 0.500. The second kappa shape index (κ2) is 9.04. The summed E-state index contributed by atoms with van der Waals surface area (Å²) in [6, 6.07) is 10.6. The molecule has 2 nitrogen and oxygen atoms in total. The summed E-state index contributed by atoms with van der Waals surface area (Å²) >= 11 is -1.79. The van der Waals surface area contributed by atoms with Crippen LogP contribution >= 0.6 is 0 Å². The van der Waals surface area contributed by atoms with Crippen LogP contribution in [-0.4, -0.2) is 28.1 Å². The molecule has 15 heavy (non-hydrogen) atoms. The van der Waals surface area contributed by atoms with Crippen molar-refractivity contribution in [2.24, 2.45) is 0 Å². The van der Waals surface area contributed by atoms with Crippen LogP contribution in [-0.2, 0) is 12.6 Å². The monoisotopic (exact) mass is 314 g/mol. The van der Waals surface area contributed by atoms with Crippen molar-refractivity contribution in [3.05, 3.63) is 35.9 Å². The van der Waals surface area contributed by atoms with Crippen molar-refractivity contribution in [3.8, 4) is 0 Å². The van der Waals surface area contributed by atoms with Crippen molar-refractivity contribution in [3.63, 3.8) is 0 Å². The van der Waals surface area contributed by atoms with E-state index >= 15 is 0 Å². The van der Waals surface area contributed by atoms with Crippen molar-refractivity contribution in [1.29, 1.82) is 0 Å². The molecule has 1 aromatic carbocycles. The molecule has 1 rings (SSSR count). The van der Waals surface area contributed by atoms with Crippen molar-refractivity contribution in [1.82, 2.24) is 0 Å². The summed E-state index contributed by atoms with van der Waals surface area (Å²) in [5.74, 6) is 0. The summed E-state index contributed by atoms with van der Waals surface area (Å²) in [5.41, 5.74) is 1.42. The Labute approximate surface area is 102 Å². The fourth-order valence-electron chi connectivity index (χ4n) is 1.56. The van der Waals surface area contributed by atoms with E-state index in [4.69, 9.17) is 3.07 Å². The summed E-state index contributed by atoms with van der Waals surface area (Å²) in [6.45, 7) is 0.704. The number of unbranched alkanes of at least 4 members (excludes halogenated alkanes) is 3. The Morgan fingerprint density at radius 1 is 1.00 bits per heavy atom. The van der Waals surface area contributed by atoms with Crippen LogP contribution in [0.25, 0.3) is 0 Å². The molecular weight excluding hydrogens is 295 g/mol. The standard InChI is InChI=1S/C12H17O.O.Sn.H/c13-11-7-2-1-4-8-12-9-5-3-6-10-12;;;/h3,5-6,9-10H,1-2,4,7-8,11H2;;;/q-1;;+1;. The first kappa shape index (κ1) is 12.8. The molecule has 0 amide bonds. The maximum absolute atomic E-state index is 10.2. The molecule has 0 fully saturated rings. The van der Waals surface area contributed by atoms with Crippen LogP contribution in [0, 0.1) is 0 Å². The van der Waals surface area contributed by atoms with Gasteiger partial charge < -0.3 is 0 Å². The van der Waals surface area contributed by atoms with Gasteiger partial charge in [-0.15, -0.1) is 0 Å². The minimum atomic E-state index is -1.79. The molecule has 3 heteroatoms. The second-order valence-electron chi connectivity index (χ2n) is 3.62. The average Bonchev–Trinajstić information content (AvgIpc) is 2.29. The van der Waals surface area contributed by atoms with Crippen molar-refractivity contribution < 1.29 is 6.15 Å². The molecule has 0 heterocycles. The van der Waals surface area contributed by atoms with Gasteiger partial charge in [0, 0.05) is 0 Å². The second-order valence-corrected chi connectivity index (χ2v) is 5.12. The van der Waals surface area contributed by atoms with Gasteiger partial charge in [0.25, 0.3) is 0 Å². The van der Waals surface area contributed by atoms with E-state index in [-0.39, 0.29) is 0 Å².